The minimum Gasteiger partial charge on any atom is -0.368 e. The first-order chi connectivity index (χ1) is 9.11. The number of benzene rings is 1. The lowest BCUT2D eigenvalue weighted by Crippen LogP contribution is -2.29. The maximum Gasteiger partial charge on any atom is 0.0410 e. The molecule has 0 aromatic heterocycles. The molecule has 2 rings (SSSR count). The van der Waals surface area contributed by atoms with E-state index in [4.69, 9.17) is 17.3 Å². The van der Waals surface area contributed by atoms with Crippen LogP contribution in [0.5, 0.6) is 0 Å². The summed E-state index contributed by atoms with van der Waals surface area (Å²) < 4.78 is 0. The van der Waals surface area contributed by atoms with E-state index in [1.807, 2.05) is 6.07 Å². The van der Waals surface area contributed by atoms with E-state index in [1.165, 1.54) is 30.5 Å². The highest BCUT2D eigenvalue weighted by molar-refractivity contribution is 6.30. The van der Waals surface area contributed by atoms with Crippen molar-refractivity contribution in [1.82, 2.24) is 0 Å². The van der Waals surface area contributed by atoms with Gasteiger partial charge in [0, 0.05) is 23.3 Å². The Hall–Kier alpha value is -0.730. The number of anilines is 1. The van der Waals surface area contributed by atoms with E-state index in [-0.39, 0.29) is 0 Å². The molecule has 0 atom stereocenters. The van der Waals surface area contributed by atoms with Crippen LogP contribution < -0.4 is 10.6 Å². The Kier molecular flexibility index (Phi) is 5.12. The maximum absolute atomic E-state index is 6.12. The summed E-state index contributed by atoms with van der Waals surface area (Å²) in [6, 6.07) is 6.98. The van der Waals surface area contributed by atoms with Gasteiger partial charge in [-0.15, -0.1) is 0 Å². The fraction of sp³-hybridized carbons (Fsp3) is 0.625. The summed E-state index contributed by atoms with van der Waals surface area (Å²) in [4.78, 5) is 2.57. The standard InChI is InChI=1S/C16H25ClN2/c1-12(2)8-10-19(15-4-5-15)16-6-3-14(17)11-13(16)7-9-18/h3,6,11-12,15H,4-5,7-10,18H2,1-2H3. The largest absolute Gasteiger partial charge is 0.368 e. The van der Waals surface area contributed by atoms with Gasteiger partial charge in [0.2, 0.25) is 0 Å². The zero-order chi connectivity index (χ0) is 13.8. The van der Waals surface area contributed by atoms with Crippen molar-refractivity contribution in [3.05, 3.63) is 28.8 Å². The highest BCUT2D eigenvalue weighted by atomic mass is 35.5. The molecular weight excluding hydrogens is 256 g/mol. The Morgan fingerprint density at radius 3 is 2.68 bits per heavy atom. The van der Waals surface area contributed by atoms with Gasteiger partial charge in [-0.05, 0) is 61.9 Å². The second kappa shape index (κ2) is 6.62. The summed E-state index contributed by atoms with van der Waals surface area (Å²) in [7, 11) is 0. The summed E-state index contributed by atoms with van der Waals surface area (Å²) in [5.74, 6) is 0.742. The number of nitrogens with zero attached hydrogens (tertiary/aromatic N) is 1. The molecule has 106 valence electrons. The first-order valence-corrected chi connectivity index (χ1v) is 7.74. The first-order valence-electron chi connectivity index (χ1n) is 7.37. The Bertz CT molecular complexity index is 413. The number of rotatable bonds is 7. The van der Waals surface area contributed by atoms with E-state index in [0.29, 0.717) is 6.54 Å². The molecule has 2 nitrogen and oxygen atoms in total. The lowest BCUT2D eigenvalue weighted by Gasteiger charge is -2.28. The molecule has 0 bridgehead atoms. The predicted molar refractivity (Wildman–Crippen MR) is 84.0 cm³/mol. The lowest BCUT2D eigenvalue weighted by molar-refractivity contribution is 0.570. The van der Waals surface area contributed by atoms with Gasteiger partial charge in [-0.2, -0.15) is 0 Å². The highest BCUT2D eigenvalue weighted by Crippen LogP contribution is 2.35. The smallest absolute Gasteiger partial charge is 0.0410 e. The Labute approximate surface area is 121 Å². The van der Waals surface area contributed by atoms with Crippen molar-refractivity contribution in [2.45, 2.75) is 45.6 Å². The SMILES string of the molecule is CC(C)CCN(c1ccc(Cl)cc1CCN)C1CC1. The Morgan fingerprint density at radius 2 is 2.11 bits per heavy atom. The summed E-state index contributed by atoms with van der Waals surface area (Å²) in [5, 5.41) is 0.812. The van der Waals surface area contributed by atoms with Gasteiger partial charge in [0.05, 0.1) is 0 Å². The van der Waals surface area contributed by atoms with Crippen molar-refractivity contribution in [2.24, 2.45) is 11.7 Å². The molecule has 1 aliphatic rings. The van der Waals surface area contributed by atoms with Crippen molar-refractivity contribution in [3.63, 3.8) is 0 Å². The van der Waals surface area contributed by atoms with Gasteiger partial charge in [0.15, 0.2) is 0 Å². The summed E-state index contributed by atoms with van der Waals surface area (Å²) >= 11 is 6.12. The maximum atomic E-state index is 6.12. The zero-order valence-electron chi connectivity index (χ0n) is 12.0. The van der Waals surface area contributed by atoms with Gasteiger partial charge in [-0.3, -0.25) is 0 Å². The molecule has 1 saturated carbocycles. The average molecular weight is 281 g/mol. The van der Waals surface area contributed by atoms with E-state index in [9.17, 15) is 0 Å². The van der Waals surface area contributed by atoms with E-state index < -0.39 is 0 Å². The number of hydrogen-bond acceptors (Lipinski definition) is 2. The van der Waals surface area contributed by atoms with Gasteiger partial charge in [-0.25, -0.2) is 0 Å². The molecule has 0 amide bonds. The van der Waals surface area contributed by atoms with Crippen LogP contribution in [0.25, 0.3) is 0 Å². The third-order valence-electron chi connectivity index (χ3n) is 3.70. The van der Waals surface area contributed by atoms with Gasteiger partial charge in [0.25, 0.3) is 0 Å². The van der Waals surface area contributed by atoms with Crippen LogP contribution in [0.2, 0.25) is 5.02 Å². The van der Waals surface area contributed by atoms with Crippen LogP contribution in [-0.2, 0) is 6.42 Å². The fourth-order valence-electron chi connectivity index (χ4n) is 2.47. The summed E-state index contributed by atoms with van der Waals surface area (Å²) in [6.45, 7) is 6.39. The van der Waals surface area contributed by atoms with Gasteiger partial charge in [0.1, 0.15) is 0 Å². The number of nitrogens with two attached hydrogens (primary N) is 1. The van der Waals surface area contributed by atoms with Crippen molar-refractivity contribution >= 4 is 17.3 Å². The predicted octanol–water partition coefficient (Wildman–Crippen LogP) is 3.86. The molecule has 0 heterocycles. The molecule has 2 N–H and O–H groups in total. The van der Waals surface area contributed by atoms with Crippen LogP contribution in [0, 0.1) is 5.92 Å². The molecule has 0 radical (unpaired) electrons. The molecule has 19 heavy (non-hydrogen) atoms. The van der Waals surface area contributed by atoms with Crippen LogP contribution >= 0.6 is 11.6 Å². The van der Waals surface area contributed by atoms with E-state index in [2.05, 4.69) is 30.9 Å². The number of hydrogen-bond donors (Lipinski definition) is 1. The van der Waals surface area contributed by atoms with Crippen LogP contribution in [-0.4, -0.2) is 19.1 Å². The molecule has 0 aliphatic heterocycles. The van der Waals surface area contributed by atoms with Crippen LogP contribution in [0.15, 0.2) is 18.2 Å². The van der Waals surface area contributed by atoms with Crippen molar-refractivity contribution in [1.29, 1.82) is 0 Å². The third kappa shape index (κ3) is 4.12. The molecular formula is C16H25ClN2. The van der Waals surface area contributed by atoms with E-state index >= 15 is 0 Å². The van der Waals surface area contributed by atoms with Crippen LogP contribution in [0.1, 0.15) is 38.7 Å². The average Bonchev–Trinajstić information content (AvgIpc) is 3.16. The summed E-state index contributed by atoms with van der Waals surface area (Å²) in [6.07, 6.45) is 4.79. The van der Waals surface area contributed by atoms with Crippen molar-refractivity contribution in [2.75, 3.05) is 18.0 Å². The van der Waals surface area contributed by atoms with E-state index in [0.717, 1.165) is 29.9 Å². The van der Waals surface area contributed by atoms with Crippen LogP contribution in [0.4, 0.5) is 5.69 Å². The quantitative estimate of drug-likeness (QED) is 0.822. The monoisotopic (exact) mass is 280 g/mol. The van der Waals surface area contributed by atoms with Crippen molar-refractivity contribution < 1.29 is 0 Å². The topological polar surface area (TPSA) is 29.3 Å². The van der Waals surface area contributed by atoms with Crippen molar-refractivity contribution in [3.8, 4) is 0 Å². The molecule has 1 aromatic rings. The molecule has 1 aliphatic carbocycles. The second-order valence-corrected chi connectivity index (χ2v) is 6.36. The normalized spacial score (nSPS) is 15.0. The number of halogens is 1. The second-order valence-electron chi connectivity index (χ2n) is 5.92. The fourth-order valence-corrected chi connectivity index (χ4v) is 2.67. The lowest BCUT2D eigenvalue weighted by atomic mass is 10.1. The van der Waals surface area contributed by atoms with Crippen LogP contribution in [0.3, 0.4) is 0 Å². The minimum absolute atomic E-state index is 0.677. The molecule has 1 fully saturated rings. The third-order valence-corrected chi connectivity index (χ3v) is 3.93. The van der Waals surface area contributed by atoms with Gasteiger partial charge < -0.3 is 10.6 Å². The molecule has 0 unspecified atom stereocenters. The first kappa shape index (κ1) is 14.7. The molecule has 3 heteroatoms. The molecule has 0 spiro atoms. The van der Waals surface area contributed by atoms with Gasteiger partial charge >= 0.3 is 0 Å². The molecule has 1 aromatic carbocycles. The van der Waals surface area contributed by atoms with E-state index in [1.54, 1.807) is 0 Å². The molecule has 0 saturated heterocycles. The Balaban J connectivity index is 2.19. The summed E-state index contributed by atoms with van der Waals surface area (Å²) in [5.41, 5.74) is 8.37. The zero-order valence-corrected chi connectivity index (χ0v) is 12.8. The van der Waals surface area contributed by atoms with Gasteiger partial charge in [-0.1, -0.05) is 25.4 Å². The highest BCUT2D eigenvalue weighted by Gasteiger charge is 2.30. The minimum atomic E-state index is 0.677. The Morgan fingerprint density at radius 1 is 1.37 bits per heavy atom.